The molecule has 0 spiro atoms. The summed E-state index contributed by atoms with van der Waals surface area (Å²) in [4.78, 5) is 4.42. The summed E-state index contributed by atoms with van der Waals surface area (Å²) in [5.41, 5.74) is 0.595. The van der Waals surface area contributed by atoms with Crippen molar-refractivity contribution in [2.45, 2.75) is 32.9 Å². The van der Waals surface area contributed by atoms with Crippen LogP contribution in [0.15, 0.2) is 41.9 Å². The van der Waals surface area contributed by atoms with Gasteiger partial charge in [-0.15, -0.1) is 10.2 Å². The van der Waals surface area contributed by atoms with E-state index < -0.39 is 0 Å². The fraction of sp³-hybridized carbons (Fsp3) is 0.438. The van der Waals surface area contributed by atoms with E-state index in [0.29, 0.717) is 18.1 Å². The third kappa shape index (κ3) is 6.06. The smallest absolute Gasteiger partial charge is 0.191 e. The Labute approximate surface area is 135 Å². The lowest BCUT2D eigenvalue weighted by Gasteiger charge is -2.11. The first kappa shape index (κ1) is 16.9. The lowest BCUT2D eigenvalue weighted by molar-refractivity contribution is 0.596. The van der Waals surface area contributed by atoms with Gasteiger partial charge in [-0.1, -0.05) is 18.2 Å². The molecule has 1 heterocycles. The molecule has 0 amide bonds. The highest BCUT2D eigenvalue weighted by atomic mass is 19.1. The van der Waals surface area contributed by atoms with E-state index in [4.69, 9.17) is 0 Å². The second kappa shape index (κ2) is 9.55. The molecule has 0 saturated carbocycles. The van der Waals surface area contributed by atoms with E-state index in [1.807, 2.05) is 17.6 Å². The minimum Gasteiger partial charge on any atom is -0.357 e. The summed E-state index contributed by atoms with van der Waals surface area (Å²) in [7, 11) is 0. The van der Waals surface area contributed by atoms with Crippen molar-refractivity contribution in [1.29, 1.82) is 0 Å². The molecule has 0 fully saturated rings. The Bertz CT molecular complexity index is 596. The number of aliphatic imine (C=N–C) groups is 1. The number of hydrogen-bond acceptors (Lipinski definition) is 3. The van der Waals surface area contributed by atoms with Crippen LogP contribution in [0.3, 0.4) is 0 Å². The first-order valence-electron chi connectivity index (χ1n) is 7.87. The van der Waals surface area contributed by atoms with Gasteiger partial charge in [0.1, 0.15) is 18.5 Å². The molecule has 7 heteroatoms. The van der Waals surface area contributed by atoms with E-state index >= 15 is 0 Å². The van der Waals surface area contributed by atoms with Crippen LogP contribution in [0.5, 0.6) is 0 Å². The molecule has 0 bridgehead atoms. The van der Waals surface area contributed by atoms with Gasteiger partial charge >= 0.3 is 0 Å². The van der Waals surface area contributed by atoms with Gasteiger partial charge in [0.05, 0.1) is 6.54 Å². The van der Waals surface area contributed by atoms with Gasteiger partial charge in [0.25, 0.3) is 0 Å². The topological polar surface area (TPSA) is 67.1 Å². The van der Waals surface area contributed by atoms with E-state index in [9.17, 15) is 4.39 Å². The Kier molecular flexibility index (Phi) is 7.03. The van der Waals surface area contributed by atoms with E-state index in [1.54, 1.807) is 24.8 Å². The molecule has 2 rings (SSSR count). The number of guanidine groups is 1. The van der Waals surface area contributed by atoms with Crippen LogP contribution in [0, 0.1) is 5.82 Å². The summed E-state index contributed by atoms with van der Waals surface area (Å²) in [6, 6.07) is 6.71. The van der Waals surface area contributed by atoms with E-state index in [2.05, 4.69) is 25.8 Å². The second-order valence-electron chi connectivity index (χ2n) is 5.12. The molecule has 0 saturated heterocycles. The van der Waals surface area contributed by atoms with Gasteiger partial charge < -0.3 is 15.2 Å². The van der Waals surface area contributed by atoms with Gasteiger partial charge in [-0.25, -0.2) is 9.38 Å². The van der Waals surface area contributed by atoms with Crippen molar-refractivity contribution in [1.82, 2.24) is 25.4 Å². The Balaban J connectivity index is 1.74. The summed E-state index contributed by atoms with van der Waals surface area (Å²) in [5, 5.41) is 14.0. The summed E-state index contributed by atoms with van der Waals surface area (Å²) in [6.45, 7) is 4.81. The minimum atomic E-state index is -0.221. The van der Waals surface area contributed by atoms with E-state index in [-0.39, 0.29) is 5.82 Å². The summed E-state index contributed by atoms with van der Waals surface area (Å²) in [5.74, 6) is 0.487. The highest BCUT2D eigenvalue weighted by molar-refractivity contribution is 5.79. The van der Waals surface area contributed by atoms with Crippen molar-refractivity contribution in [2.75, 3.05) is 13.1 Å². The van der Waals surface area contributed by atoms with E-state index in [0.717, 1.165) is 32.5 Å². The molecule has 1 aromatic heterocycles. The zero-order valence-electron chi connectivity index (χ0n) is 13.4. The first-order chi connectivity index (χ1) is 11.3. The lowest BCUT2D eigenvalue weighted by Crippen LogP contribution is -2.37. The van der Waals surface area contributed by atoms with Gasteiger partial charge in [0.15, 0.2) is 5.96 Å². The summed E-state index contributed by atoms with van der Waals surface area (Å²) < 4.78 is 15.5. The van der Waals surface area contributed by atoms with Gasteiger partial charge in [0, 0.05) is 25.2 Å². The number of aryl methyl sites for hydroxylation is 1. The van der Waals surface area contributed by atoms with Crippen LogP contribution in [-0.2, 0) is 13.1 Å². The molecular weight excluding hydrogens is 295 g/mol. The van der Waals surface area contributed by atoms with Gasteiger partial charge in [-0.2, -0.15) is 0 Å². The van der Waals surface area contributed by atoms with E-state index in [1.165, 1.54) is 6.07 Å². The standard InChI is InChI=1S/C16H23FN6/c1-2-18-16(20-11-14-7-3-4-8-15(14)17)19-9-5-6-10-23-12-21-22-13-23/h3-4,7-8,12-13H,2,5-6,9-11H2,1H3,(H2,18,19,20). The molecule has 23 heavy (non-hydrogen) atoms. The maximum Gasteiger partial charge on any atom is 0.191 e. The third-order valence-corrected chi connectivity index (χ3v) is 3.31. The number of nitrogens with zero attached hydrogens (tertiary/aromatic N) is 4. The van der Waals surface area contributed by atoms with Crippen LogP contribution in [0.2, 0.25) is 0 Å². The fourth-order valence-electron chi connectivity index (χ4n) is 2.10. The molecular formula is C16H23FN6. The Morgan fingerprint density at radius 3 is 2.70 bits per heavy atom. The highest BCUT2D eigenvalue weighted by Gasteiger charge is 2.01. The maximum atomic E-state index is 13.6. The number of hydrogen-bond donors (Lipinski definition) is 2. The molecule has 0 aliphatic rings. The molecule has 0 aliphatic heterocycles. The van der Waals surface area contributed by atoms with Gasteiger partial charge in [0.2, 0.25) is 0 Å². The number of benzene rings is 1. The predicted molar refractivity (Wildman–Crippen MR) is 88.5 cm³/mol. The Morgan fingerprint density at radius 1 is 1.17 bits per heavy atom. The molecule has 2 N–H and O–H groups in total. The third-order valence-electron chi connectivity index (χ3n) is 3.31. The SMILES string of the molecule is CCNC(=NCc1ccccc1F)NCCCCn1cnnc1. The van der Waals surface area contributed by atoms with Crippen LogP contribution >= 0.6 is 0 Å². The average Bonchev–Trinajstić information content (AvgIpc) is 3.07. The van der Waals surface area contributed by atoms with Gasteiger partial charge in [-0.05, 0) is 25.8 Å². The molecule has 2 aromatic rings. The zero-order valence-corrected chi connectivity index (χ0v) is 13.4. The van der Waals surface area contributed by atoms with Crippen molar-refractivity contribution in [3.63, 3.8) is 0 Å². The van der Waals surface area contributed by atoms with Crippen molar-refractivity contribution < 1.29 is 4.39 Å². The highest BCUT2D eigenvalue weighted by Crippen LogP contribution is 2.07. The average molecular weight is 318 g/mol. The van der Waals surface area contributed by atoms with Gasteiger partial charge in [-0.3, -0.25) is 0 Å². The quantitative estimate of drug-likeness (QED) is 0.443. The predicted octanol–water partition coefficient (Wildman–Crippen LogP) is 1.95. The molecule has 0 aliphatic carbocycles. The largest absolute Gasteiger partial charge is 0.357 e. The minimum absolute atomic E-state index is 0.221. The normalized spacial score (nSPS) is 11.5. The number of halogens is 1. The monoisotopic (exact) mass is 318 g/mol. The molecule has 0 unspecified atom stereocenters. The lowest BCUT2D eigenvalue weighted by atomic mass is 10.2. The van der Waals surface area contributed by atoms with Crippen molar-refractivity contribution in [3.8, 4) is 0 Å². The summed E-state index contributed by atoms with van der Waals surface area (Å²) >= 11 is 0. The number of nitrogens with one attached hydrogen (secondary N) is 2. The van der Waals surface area contributed by atoms with Crippen LogP contribution in [-0.4, -0.2) is 33.8 Å². The van der Waals surface area contributed by atoms with Crippen LogP contribution in [0.1, 0.15) is 25.3 Å². The van der Waals surface area contributed by atoms with Crippen molar-refractivity contribution in [2.24, 2.45) is 4.99 Å². The molecule has 0 atom stereocenters. The second-order valence-corrected chi connectivity index (χ2v) is 5.12. The maximum absolute atomic E-state index is 13.6. The first-order valence-corrected chi connectivity index (χ1v) is 7.87. The van der Waals surface area contributed by atoms with Crippen LogP contribution < -0.4 is 10.6 Å². The van der Waals surface area contributed by atoms with Crippen molar-refractivity contribution >= 4 is 5.96 Å². The number of aromatic nitrogens is 3. The molecule has 124 valence electrons. The number of unbranched alkanes of at least 4 members (excludes halogenated alkanes) is 1. The Morgan fingerprint density at radius 2 is 1.96 bits per heavy atom. The fourth-order valence-corrected chi connectivity index (χ4v) is 2.10. The van der Waals surface area contributed by atoms with Crippen LogP contribution in [0.4, 0.5) is 4.39 Å². The molecule has 0 radical (unpaired) electrons. The van der Waals surface area contributed by atoms with Crippen molar-refractivity contribution in [3.05, 3.63) is 48.3 Å². The molecule has 1 aromatic carbocycles. The Hall–Kier alpha value is -2.44. The molecule has 6 nitrogen and oxygen atoms in total. The number of rotatable bonds is 8. The summed E-state index contributed by atoms with van der Waals surface area (Å²) in [6.07, 6.45) is 5.46. The van der Waals surface area contributed by atoms with Crippen LogP contribution in [0.25, 0.3) is 0 Å². The zero-order chi connectivity index (χ0) is 16.3.